The highest BCUT2D eigenvalue weighted by atomic mass is 127. The first-order valence-electron chi connectivity index (χ1n) is 8.45. The molecule has 1 aromatic heterocycles. The van der Waals surface area contributed by atoms with Crippen molar-refractivity contribution in [1.29, 1.82) is 0 Å². The number of nitrogens with one attached hydrogen (secondary N) is 2. The summed E-state index contributed by atoms with van der Waals surface area (Å²) in [4.78, 5) is 8.72. The second-order valence-electron chi connectivity index (χ2n) is 5.37. The van der Waals surface area contributed by atoms with Crippen molar-refractivity contribution < 1.29 is 4.74 Å². The van der Waals surface area contributed by atoms with Crippen LogP contribution in [0, 0.1) is 0 Å². The molecular formula is C18H28IN5O. The molecule has 0 fully saturated rings. The summed E-state index contributed by atoms with van der Waals surface area (Å²) in [5, 5.41) is 6.53. The lowest BCUT2D eigenvalue weighted by Crippen LogP contribution is -2.39. The van der Waals surface area contributed by atoms with Gasteiger partial charge in [-0.2, -0.15) is 0 Å². The third-order valence-corrected chi connectivity index (χ3v) is 3.42. The highest BCUT2D eigenvalue weighted by Gasteiger charge is 2.00. The molecule has 1 heterocycles. The van der Waals surface area contributed by atoms with E-state index < -0.39 is 0 Å². The van der Waals surface area contributed by atoms with Crippen molar-refractivity contribution in [3.63, 3.8) is 0 Å². The van der Waals surface area contributed by atoms with E-state index in [1.807, 2.05) is 19.4 Å². The minimum Gasteiger partial charge on any atom is -0.380 e. The van der Waals surface area contributed by atoms with E-state index in [0.29, 0.717) is 13.2 Å². The van der Waals surface area contributed by atoms with Crippen LogP contribution in [0.3, 0.4) is 0 Å². The topological polar surface area (TPSA) is 63.5 Å². The molecule has 2 aromatic rings. The number of halogens is 1. The highest BCUT2D eigenvalue weighted by Crippen LogP contribution is 2.08. The normalized spacial score (nSPS) is 11.0. The summed E-state index contributed by atoms with van der Waals surface area (Å²) in [6.45, 7) is 8.52. The zero-order chi connectivity index (χ0) is 17.0. The number of aliphatic imine (C=N–C) groups is 1. The van der Waals surface area contributed by atoms with E-state index in [0.717, 1.165) is 32.2 Å². The van der Waals surface area contributed by atoms with E-state index in [9.17, 15) is 0 Å². The first-order valence-corrected chi connectivity index (χ1v) is 8.45. The monoisotopic (exact) mass is 457 g/mol. The average molecular weight is 457 g/mol. The largest absolute Gasteiger partial charge is 0.380 e. The van der Waals surface area contributed by atoms with Crippen LogP contribution >= 0.6 is 24.0 Å². The van der Waals surface area contributed by atoms with Crippen molar-refractivity contribution in [3.8, 4) is 0 Å². The number of nitrogens with zero attached hydrogens (tertiary/aromatic N) is 3. The smallest absolute Gasteiger partial charge is 0.191 e. The molecule has 1 aromatic carbocycles. The van der Waals surface area contributed by atoms with Crippen molar-refractivity contribution in [3.05, 3.63) is 54.1 Å². The van der Waals surface area contributed by atoms with Gasteiger partial charge in [-0.05, 0) is 25.0 Å². The molecule has 0 radical (unpaired) electrons. The van der Waals surface area contributed by atoms with Crippen LogP contribution in [0.5, 0.6) is 0 Å². The lowest BCUT2D eigenvalue weighted by Gasteiger charge is -2.11. The van der Waals surface area contributed by atoms with Crippen molar-refractivity contribution in [1.82, 2.24) is 20.2 Å². The van der Waals surface area contributed by atoms with Crippen LogP contribution in [-0.2, 0) is 17.8 Å². The second-order valence-corrected chi connectivity index (χ2v) is 5.37. The van der Waals surface area contributed by atoms with Crippen LogP contribution < -0.4 is 10.6 Å². The molecule has 2 rings (SSSR count). The quantitative estimate of drug-likeness (QED) is 0.263. The second kappa shape index (κ2) is 12.7. The molecule has 0 aliphatic carbocycles. The van der Waals surface area contributed by atoms with Crippen LogP contribution in [0.1, 0.15) is 25.0 Å². The minimum absolute atomic E-state index is 0. The maximum Gasteiger partial charge on any atom is 0.191 e. The Kier molecular flexibility index (Phi) is 10.9. The molecule has 25 heavy (non-hydrogen) atoms. The summed E-state index contributed by atoms with van der Waals surface area (Å²) in [6.07, 6.45) is 5.59. The number of ether oxygens (including phenoxy) is 1. The van der Waals surface area contributed by atoms with E-state index in [4.69, 9.17) is 4.74 Å². The summed E-state index contributed by atoms with van der Waals surface area (Å²) in [5.74, 6) is 0.817. The fourth-order valence-electron chi connectivity index (χ4n) is 2.32. The third-order valence-electron chi connectivity index (χ3n) is 3.42. The molecule has 7 heteroatoms. The predicted octanol–water partition coefficient (Wildman–Crippen LogP) is 2.64. The van der Waals surface area contributed by atoms with Crippen molar-refractivity contribution in [2.24, 2.45) is 4.99 Å². The Labute approximate surface area is 167 Å². The number of guanidine groups is 1. The van der Waals surface area contributed by atoms with Crippen LogP contribution in [-0.4, -0.2) is 41.8 Å². The van der Waals surface area contributed by atoms with E-state index in [-0.39, 0.29) is 24.0 Å². The Hall–Kier alpha value is -1.61. The summed E-state index contributed by atoms with van der Waals surface area (Å²) in [7, 11) is 0. The molecule has 0 amide bonds. The third kappa shape index (κ3) is 8.35. The van der Waals surface area contributed by atoms with Crippen LogP contribution in [0.15, 0.2) is 48.0 Å². The number of benzene rings is 1. The predicted molar refractivity (Wildman–Crippen MR) is 112 cm³/mol. The molecule has 0 spiro atoms. The SMILES string of the molecule is CCNC(=NCc1cccc(Cn2ccnc2)c1)NCCOCC.I. The van der Waals surface area contributed by atoms with Gasteiger partial charge in [0.25, 0.3) is 0 Å². The van der Waals surface area contributed by atoms with Crippen molar-refractivity contribution >= 4 is 29.9 Å². The maximum atomic E-state index is 5.34. The summed E-state index contributed by atoms with van der Waals surface area (Å²) in [5.41, 5.74) is 2.43. The van der Waals surface area contributed by atoms with Gasteiger partial charge in [0.2, 0.25) is 0 Å². The van der Waals surface area contributed by atoms with Gasteiger partial charge in [0.15, 0.2) is 5.96 Å². The fourth-order valence-corrected chi connectivity index (χ4v) is 2.32. The lowest BCUT2D eigenvalue weighted by atomic mass is 10.1. The van der Waals surface area contributed by atoms with Crippen molar-refractivity contribution in [2.45, 2.75) is 26.9 Å². The molecule has 0 saturated carbocycles. The van der Waals surface area contributed by atoms with Gasteiger partial charge in [-0.15, -0.1) is 24.0 Å². The number of imidazole rings is 1. The van der Waals surface area contributed by atoms with E-state index in [1.54, 1.807) is 6.20 Å². The highest BCUT2D eigenvalue weighted by molar-refractivity contribution is 14.0. The number of hydrogen-bond acceptors (Lipinski definition) is 3. The van der Waals surface area contributed by atoms with Gasteiger partial charge in [-0.3, -0.25) is 0 Å². The molecule has 0 saturated heterocycles. The zero-order valence-corrected chi connectivity index (χ0v) is 17.3. The number of aromatic nitrogens is 2. The standard InChI is InChI=1S/C18H27N5O.HI/c1-3-20-18(21-9-11-24-4-2)22-13-16-6-5-7-17(12-16)14-23-10-8-19-15-23;/h5-8,10,12,15H,3-4,9,11,13-14H2,1-2H3,(H2,20,21,22);1H. The fraction of sp³-hybridized carbons (Fsp3) is 0.444. The molecule has 138 valence electrons. The molecule has 0 aliphatic rings. The van der Waals surface area contributed by atoms with E-state index >= 15 is 0 Å². The Balaban J connectivity index is 0.00000312. The van der Waals surface area contributed by atoms with Crippen LogP contribution in [0.4, 0.5) is 0 Å². The van der Waals surface area contributed by atoms with Gasteiger partial charge >= 0.3 is 0 Å². The van der Waals surface area contributed by atoms with Gasteiger partial charge in [0, 0.05) is 38.6 Å². The first kappa shape index (κ1) is 21.4. The molecule has 0 atom stereocenters. The molecule has 0 bridgehead atoms. The average Bonchev–Trinajstić information content (AvgIpc) is 3.10. The minimum atomic E-state index is 0. The maximum absolute atomic E-state index is 5.34. The Morgan fingerprint density at radius 1 is 1.24 bits per heavy atom. The van der Waals surface area contributed by atoms with Gasteiger partial charge < -0.3 is 19.9 Å². The first-order chi connectivity index (χ1) is 11.8. The van der Waals surface area contributed by atoms with Gasteiger partial charge in [-0.25, -0.2) is 9.98 Å². The molecule has 0 aliphatic heterocycles. The van der Waals surface area contributed by atoms with Gasteiger partial charge in [0.1, 0.15) is 0 Å². The van der Waals surface area contributed by atoms with Crippen molar-refractivity contribution in [2.75, 3.05) is 26.3 Å². The Bertz CT molecular complexity index is 616. The van der Waals surface area contributed by atoms with Gasteiger partial charge in [0.05, 0.1) is 19.5 Å². The lowest BCUT2D eigenvalue weighted by molar-refractivity contribution is 0.152. The summed E-state index contributed by atoms with van der Waals surface area (Å²) >= 11 is 0. The number of hydrogen-bond donors (Lipinski definition) is 2. The van der Waals surface area contributed by atoms with Gasteiger partial charge in [-0.1, -0.05) is 24.3 Å². The summed E-state index contributed by atoms with van der Waals surface area (Å²) < 4.78 is 7.40. The molecule has 0 unspecified atom stereocenters. The Morgan fingerprint density at radius 2 is 2.08 bits per heavy atom. The van der Waals surface area contributed by atoms with Crippen LogP contribution in [0.25, 0.3) is 0 Å². The van der Waals surface area contributed by atoms with E-state index in [2.05, 4.69) is 56.4 Å². The molecular weight excluding hydrogens is 429 g/mol. The zero-order valence-electron chi connectivity index (χ0n) is 14.9. The molecule has 2 N–H and O–H groups in total. The summed E-state index contributed by atoms with van der Waals surface area (Å²) in [6, 6.07) is 8.49. The Morgan fingerprint density at radius 3 is 2.80 bits per heavy atom. The molecule has 6 nitrogen and oxygen atoms in total. The van der Waals surface area contributed by atoms with Crippen LogP contribution in [0.2, 0.25) is 0 Å². The van der Waals surface area contributed by atoms with E-state index in [1.165, 1.54) is 11.1 Å². The number of rotatable bonds is 9.